The van der Waals surface area contributed by atoms with E-state index in [1.807, 2.05) is 17.0 Å². The van der Waals surface area contributed by atoms with E-state index in [1.54, 1.807) is 14.2 Å². The Balaban J connectivity index is 0.00000300. The fourth-order valence-corrected chi connectivity index (χ4v) is 3.93. The van der Waals surface area contributed by atoms with Gasteiger partial charge in [0.05, 0.1) is 14.2 Å². The maximum Gasteiger partial charge on any atom is 0.223 e. The lowest BCUT2D eigenvalue weighted by Gasteiger charge is -2.30. The molecule has 0 unspecified atom stereocenters. The van der Waals surface area contributed by atoms with Gasteiger partial charge in [0.15, 0.2) is 11.5 Å². The first-order valence-corrected chi connectivity index (χ1v) is 10.1. The van der Waals surface area contributed by atoms with Crippen LogP contribution in [0, 0.1) is 5.92 Å². The van der Waals surface area contributed by atoms with E-state index in [2.05, 4.69) is 10.6 Å². The van der Waals surface area contributed by atoms with Crippen molar-refractivity contribution in [2.75, 3.05) is 40.4 Å². The summed E-state index contributed by atoms with van der Waals surface area (Å²) in [5.74, 6) is 1.79. The van der Waals surface area contributed by atoms with Crippen molar-refractivity contribution in [2.24, 2.45) is 5.92 Å². The molecule has 1 saturated heterocycles. The number of carbonyl (C=O) groups excluding carboxylic acids is 2. The van der Waals surface area contributed by atoms with Gasteiger partial charge < -0.3 is 25.0 Å². The molecule has 2 aliphatic heterocycles. The minimum atomic E-state index is 0. The summed E-state index contributed by atoms with van der Waals surface area (Å²) >= 11 is 0. The molecule has 7 nitrogen and oxygen atoms in total. The fraction of sp³-hybridized carbons (Fsp3) is 0.619. The highest BCUT2D eigenvalue weighted by atomic mass is 35.5. The van der Waals surface area contributed by atoms with Crippen LogP contribution in [0.3, 0.4) is 0 Å². The molecule has 0 aromatic heterocycles. The fourth-order valence-electron chi connectivity index (χ4n) is 3.93. The number of ether oxygens (including phenoxy) is 2. The van der Waals surface area contributed by atoms with Crippen molar-refractivity contribution in [1.82, 2.24) is 15.5 Å². The zero-order valence-electron chi connectivity index (χ0n) is 17.3. The third kappa shape index (κ3) is 6.00. The minimum absolute atomic E-state index is 0. The van der Waals surface area contributed by atoms with Crippen molar-refractivity contribution >= 4 is 24.2 Å². The number of nitrogens with zero attached hydrogens (tertiary/aromatic N) is 1. The highest BCUT2D eigenvalue weighted by Crippen LogP contribution is 2.33. The molecule has 1 fully saturated rings. The van der Waals surface area contributed by atoms with Crippen LogP contribution < -0.4 is 20.1 Å². The van der Waals surface area contributed by atoms with Crippen molar-refractivity contribution in [3.63, 3.8) is 0 Å². The van der Waals surface area contributed by atoms with E-state index < -0.39 is 0 Å². The predicted molar refractivity (Wildman–Crippen MR) is 114 cm³/mol. The van der Waals surface area contributed by atoms with Crippen LogP contribution in [0.2, 0.25) is 0 Å². The van der Waals surface area contributed by atoms with Gasteiger partial charge in [0.2, 0.25) is 11.8 Å². The molecule has 0 radical (unpaired) electrons. The monoisotopic (exact) mass is 425 g/mol. The van der Waals surface area contributed by atoms with Crippen LogP contribution in [-0.2, 0) is 22.6 Å². The molecule has 2 heterocycles. The summed E-state index contributed by atoms with van der Waals surface area (Å²) in [6.07, 6.45) is 3.73. The molecule has 8 heteroatoms. The lowest BCUT2D eigenvalue weighted by molar-refractivity contribution is -0.132. The number of fused-ring (bicyclic) bond motifs is 1. The minimum Gasteiger partial charge on any atom is -0.493 e. The number of halogens is 1. The van der Waals surface area contributed by atoms with E-state index in [9.17, 15) is 9.59 Å². The van der Waals surface area contributed by atoms with Crippen molar-refractivity contribution in [3.8, 4) is 11.5 Å². The van der Waals surface area contributed by atoms with E-state index in [0.717, 1.165) is 43.7 Å². The van der Waals surface area contributed by atoms with Crippen molar-refractivity contribution in [2.45, 2.75) is 38.6 Å². The van der Waals surface area contributed by atoms with Crippen LogP contribution in [0.1, 0.15) is 36.8 Å². The molecule has 29 heavy (non-hydrogen) atoms. The van der Waals surface area contributed by atoms with Gasteiger partial charge in [-0.15, -0.1) is 12.4 Å². The van der Waals surface area contributed by atoms with Gasteiger partial charge in [-0.2, -0.15) is 0 Å². The van der Waals surface area contributed by atoms with Crippen molar-refractivity contribution < 1.29 is 19.1 Å². The Morgan fingerprint density at radius 1 is 1.14 bits per heavy atom. The van der Waals surface area contributed by atoms with E-state index in [0.29, 0.717) is 38.2 Å². The average molecular weight is 426 g/mol. The lowest BCUT2D eigenvalue weighted by atomic mass is 9.97. The number of methoxy groups -OCH3 is 2. The Hall–Kier alpha value is -1.99. The number of nitrogens with one attached hydrogen (secondary N) is 2. The summed E-state index contributed by atoms with van der Waals surface area (Å²) in [7, 11) is 3.25. The molecular formula is C21H32ClN3O4. The van der Waals surface area contributed by atoms with Crippen LogP contribution in [0.4, 0.5) is 0 Å². The zero-order chi connectivity index (χ0) is 19.9. The maximum absolute atomic E-state index is 12.6. The molecule has 3 rings (SSSR count). The Kier molecular flexibility index (Phi) is 9.04. The first kappa shape index (κ1) is 23.3. The molecule has 1 aromatic carbocycles. The Labute approximate surface area is 178 Å². The van der Waals surface area contributed by atoms with E-state index in [4.69, 9.17) is 9.47 Å². The standard InChI is InChI=1S/C21H31N3O4.ClH/c1-27-18-12-16-7-11-24(14-17(16)13-19(18)28-2)20(25)4-3-8-23-21(26)15-5-9-22-10-6-15;/h12-13,15,22H,3-11,14H2,1-2H3,(H,23,26);1H. The molecule has 0 aliphatic carbocycles. The zero-order valence-corrected chi connectivity index (χ0v) is 18.1. The lowest BCUT2D eigenvalue weighted by Crippen LogP contribution is -2.39. The third-order valence-electron chi connectivity index (χ3n) is 5.65. The van der Waals surface area contributed by atoms with E-state index >= 15 is 0 Å². The first-order valence-electron chi connectivity index (χ1n) is 10.1. The highest BCUT2D eigenvalue weighted by Gasteiger charge is 2.23. The van der Waals surface area contributed by atoms with Gasteiger partial charge in [-0.05, 0) is 62.0 Å². The second-order valence-corrected chi connectivity index (χ2v) is 7.46. The van der Waals surface area contributed by atoms with E-state index in [-0.39, 0.29) is 30.1 Å². The average Bonchev–Trinajstić information content (AvgIpc) is 2.75. The summed E-state index contributed by atoms with van der Waals surface area (Å²) < 4.78 is 10.7. The van der Waals surface area contributed by atoms with Gasteiger partial charge in [-0.25, -0.2) is 0 Å². The summed E-state index contributed by atoms with van der Waals surface area (Å²) in [5.41, 5.74) is 2.31. The first-order chi connectivity index (χ1) is 13.6. The third-order valence-corrected chi connectivity index (χ3v) is 5.65. The normalized spacial score (nSPS) is 16.4. The van der Waals surface area contributed by atoms with Gasteiger partial charge >= 0.3 is 0 Å². The maximum atomic E-state index is 12.6. The van der Waals surface area contributed by atoms with Gasteiger partial charge in [-0.3, -0.25) is 9.59 Å². The van der Waals surface area contributed by atoms with Crippen LogP contribution in [0.5, 0.6) is 11.5 Å². The number of hydrogen-bond donors (Lipinski definition) is 2. The highest BCUT2D eigenvalue weighted by molar-refractivity contribution is 5.85. The van der Waals surface area contributed by atoms with Crippen LogP contribution in [0.15, 0.2) is 12.1 Å². The van der Waals surface area contributed by atoms with Gasteiger partial charge in [0.1, 0.15) is 0 Å². The number of carbonyl (C=O) groups is 2. The van der Waals surface area contributed by atoms with Gasteiger partial charge in [0.25, 0.3) is 0 Å². The second kappa shape index (κ2) is 11.3. The van der Waals surface area contributed by atoms with Gasteiger partial charge in [-0.1, -0.05) is 0 Å². The molecule has 1 aromatic rings. The molecule has 0 atom stereocenters. The number of rotatable bonds is 7. The SMILES string of the molecule is COc1cc2c(cc1OC)CN(C(=O)CCCNC(=O)C1CCNCC1)CC2.Cl. The number of benzene rings is 1. The van der Waals surface area contributed by atoms with E-state index in [1.165, 1.54) is 5.56 Å². The molecule has 2 amide bonds. The molecule has 0 spiro atoms. The quantitative estimate of drug-likeness (QED) is 0.652. The van der Waals surface area contributed by atoms with Crippen LogP contribution in [-0.4, -0.2) is 57.1 Å². The molecular weight excluding hydrogens is 394 g/mol. The topological polar surface area (TPSA) is 79.9 Å². The Morgan fingerprint density at radius 3 is 2.45 bits per heavy atom. The summed E-state index contributed by atoms with van der Waals surface area (Å²) in [6.45, 7) is 3.68. The smallest absolute Gasteiger partial charge is 0.223 e. The van der Waals surface area contributed by atoms with Crippen LogP contribution in [0.25, 0.3) is 0 Å². The largest absolute Gasteiger partial charge is 0.493 e. The van der Waals surface area contributed by atoms with Crippen molar-refractivity contribution in [1.29, 1.82) is 0 Å². The van der Waals surface area contributed by atoms with Crippen molar-refractivity contribution in [3.05, 3.63) is 23.3 Å². The molecule has 2 N–H and O–H groups in total. The molecule has 0 bridgehead atoms. The number of amides is 2. The Morgan fingerprint density at radius 2 is 1.79 bits per heavy atom. The molecule has 162 valence electrons. The predicted octanol–water partition coefficient (Wildman–Crippen LogP) is 1.91. The molecule has 2 aliphatic rings. The summed E-state index contributed by atoms with van der Waals surface area (Å²) in [5, 5.41) is 6.25. The summed E-state index contributed by atoms with van der Waals surface area (Å²) in [4.78, 5) is 26.6. The second-order valence-electron chi connectivity index (χ2n) is 7.46. The Bertz CT molecular complexity index is 707. The van der Waals surface area contributed by atoms with Crippen LogP contribution >= 0.6 is 12.4 Å². The summed E-state index contributed by atoms with van der Waals surface area (Å²) in [6, 6.07) is 3.97. The number of hydrogen-bond acceptors (Lipinski definition) is 5. The molecule has 0 saturated carbocycles. The van der Waals surface area contributed by atoms with Gasteiger partial charge in [0, 0.05) is 32.0 Å². The number of piperidine rings is 1.